The number of nitrogens with zero attached hydrogens (tertiary/aromatic N) is 2. The van der Waals surface area contributed by atoms with Crippen molar-refractivity contribution in [2.24, 2.45) is 0 Å². The first kappa shape index (κ1) is 15.2. The van der Waals surface area contributed by atoms with Crippen LogP contribution in [0.25, 0.3) is 11.8 Å². The number of pyridine rings is 2. The van der Waals surface area contributed by atoms with Crippen LogP contribution in [0.1, 0.15) is 11.1 Å². The molecule has 0 aliphatic heterocycles. The van der Waals surface area contributed by atoms with E-state index in [0.717, 1.165) is 16.8 Å². The summed E-state index contributed by atoms with van der Waals surface area (Å²) in [5, 5.41) is 3.65. The molecule has 3 rings (SSSR count). The van der Waals surface area contributed by atoms with Crippen LogP contribution < -0.4 is 5.32 Å². The standard InChI is InChI=1S/C18H13ClFN3/c19-18-16(2-1-9-22-18)23-17(14-7-10-21-11-8-14)12-13-3-5-15(20)6-4-13/h1-12,23H/b17-12+. The Bertz CT molecular complexity index is 817. The van der Waals surface area contributed by atoms with Crippen LogP contribution in [-0.4, -0.2) is 9.97 Å². The molecule has 0 amide bonds. The van der Waals surface area contributed by atoms with Crippen LogP contribution in [0.3, 0.4) is 0 Å². The van der Waals surface area contributed by atoms with Crippen molar-refractivity contribution >= 4 is 29.1 Å². The first-order valence-corrected chi connectivity index (χ1v) is 7.35. The lowest BCUT2D eigenvalue weighted by Gasteiger charge is -2.12. The van der Waals surface area contributed by atoms with Gasteiger partial charge in [-0.1, -0.05) is 23.7 Å². The van der Waals surface area contributed by atoms with Crippen LogP contribution in [0, 0.1) is 5.82 Å². The Morgan fingerprint density at radius 3 is 2.43 bits per heavy atom. The summed E-state index contributed by atoms with van der Waals surface area (Å²) in [5.41, 5.74) is 3.31. The number of benzene rings is 1. The molecule has 2 aromatic heterocycles. The molecule has 5 heteroatoms. The summed E-state index contributed by atoms with van der Waals surface area (Å²) < 4.78 is 13.1. The zero-order chi connectivity index (χ0) is 16.1. The molecule has 0 bridgehead atoms. The predicted molar refractivity (Wildman–Crippen MR) is 91.4 cm³/mol. The highest BCUT2D eigenvalue weighted by atomic mass is 35.5. The maximum atomic E-state index is 13.1. The fourth-order valence-electron chi connectivity index (χ4n) is 2.07. The van der Waals surface area contributed by atoms with Crippen molar-refractivity contribution in [3.63, 3.8) is 0 Å². The van der Waals surface area contributed by atoms with Crippen molar-refractivity contribution in [3.8, 4) is 0 Å². The molecule has 3 nitrogen and oxygen atoms in total. The van der Waals surface area contributed by atoms with Crippen molar-refractivity contribution in [2.45, 2.75) is 0 Å². The molecular formula is C18H13ClFN3. The zero-order valence-electron chi connectivity index (χ0n) is 12.1. The topological polar surface area (TPSA) is 37.8 Å². The summed E-state index contributed by atoms with van der Waals surface area (Å²) in [4.78, 5) is 8.09. The molecule has 0 saturated carbocycles. The second-order valence-electron chi connectivity index (χ2n) is 4.81. The molecule has 0 aliphatic rings. The number of nitrogens with one attached hydrogen (secondary N) is 1. The number of anilines is 1. The summed E-state index contributed by atoms with van der Waals surface area (Å²) in [6.07, 6.45) is 6.96. The molecule has 3 aromatic rings. The van der Waals surface area contributed by atoms with E-state index in [9.17, 15) is 4.39 Å². The first-order chi connectivity index (χ1) is 11.2. The third kappa shape index (κ3) is 3.93. The highest BCUT2D eigenvalue weighted by Gasteiger charge is 2.06. The van der Waals surface area contributed by atoms with Crippen LogP contribution in [0.5, 0.6) is 0 Å². The average Bonchev–Trinajstić information content (AvgIpc) is 2.59. The van der Waals surface area contributed by atoms with E-state index >= 15 is 0 Å². The minimum Gasteiger partial charge on any atom is -0.353 e. The van der Waals surface area contributed by atoms with Crippen LogP contribution >= 0.6 is 11.6 Å². The smallest absolute Gasteiger partial charge is 0.152 e. The molecule has 114 valence electrons. The summed E-state index contributed by atoms with van der Waals surface area (Å²) in [6.45, 7) is 0. The van der Waals surface area contributed by atoms with Crippen LogP contribution in [0.2, 0.25) is 5.15 Å². The van der Waals surface area contributed by atoms with Gasteiger partial charge in [0.15, 0.2) is 5.15 Å². The Morgan fingerprint density at radius 1 is 1.00 bits per heavy atom. The SMILES string of the molecule is Fc1ccc(/C=C(/Nc2cccnc2Cl)c2ccncc2)cc1. The van der Waals surface area contributed by atoms with Gasteiger partial charge in [0.1, 0.15) is 5.82 Å². The molecular weight excluding hydrogens is 313 g/mol. The van der Waals surface area contributed by atoms with Crippen LogP contribution in [0.4, 0.5) is 10.1 Å². The Hall–Kier alpha value is -2.72. The third-order valence-corrected chi connectivity index (χ3v) is 3.50. The highest BCUT2D eigenvalue weighted by molar-refractivity contribution is 6.32. The normalized spacial score (nSPS) is 11.3. The summed E-state index contributed by atoms with van der Waals surface area (Å²) in [7, 11) is 0. The second-order valence-corrected chi connectivity index (χ2v) is 5.17. The highest BCUT2D eigenvalue weighted by Crippen LogP contribution is 2.25. The molecule has 0 atom stereocenters. The summed E-state index contributed by atoms with van der Waals surface area (Å²) >= 11 is 6.12. The van der Waals surface area contributed by atoms with E-state index in [-0.39, 0.29) is 5.82 Å². The summed E-state index contributed by atoms with van der Waals surface area (Å²) in [5.74, 6) is -0.268. The molecule has 23 heavy (non-hydrogen) atoms. The van der Waals surface area contributed by atoms with Gasteiger partial charge in [-0.05, 0) is 48.0 Å². The second kappa shape index (κ2) is 7.03. The number of hydrogen-bond acceptors (Lipinski definition) is 3. The monoisotopic (exact) mass is 325 g/mol. The van der Waals surface area contributed by atoms with Gasteiger partial charge in [0.2, 0.25) is 0 Å². The average molecular weight is 326 g/mol. The summed E-state index contributed by atoms with van der Waals surface area (Å²) in [6, 6.07) is 13.7. The zero-order valence-corrected chi connectivity index (χ0v) is 12.8. The van der Waals surface area contributed by atoms with Crippen molar-refractivity contribution in [3.05, 3.63) is 89.2 Å². The van der Waals surface area contributed by atoms with Gasteiger partial charge in [0, 0.05) is 29.9 Å². The number of aromatic nitrogens is 2. The molecule has 1 N–H and O–H groups in total. The van der Waals surface area contributed by atoms with E-state index in [4.69, 9.17) is 11.6 Å². The molecule has 0 saturated heterocycles. The molecule has 0 radical (unpaired) electrons. The maximum Gasteiger partial charge on any atom is 0.152 e. The molecule has 0 spiro atoms. The van der Waals surface area contributed by atoms with Gasteiger partial charge in [-0.15, -0.1) is 0 Å². The maximum absolute atomic E-state index is 13.1. The van der Waals surface area contributed by atoms with Gasteiger partial charge in [-0.2, -0.15) is 0 Å². The van der Waals surface area contributed by atoms with Crippen LogP contribution in [0.15, 0.2) is 67.1 Å². The Balaban J connectivity index is 2.00. The van der Waals surface area contributed by atoms with Crippen molar-refractivity contribution in [2.75, 3.05) is 5.32 Å². The van der Waals surface area contributed by atoms with E-state index in [2.05, 4.69) is 15.3 Å². The molecule has 0 aliphatic carbocycles. The van der Waals surface area contributed by atoms with E-state index in [1.54, 1.807) is 36.8 Å². The van der Waals surface area contributed by atoms with Gasteiger partial charge in [-0.3, -0.25) is 4.98 Å². The molecule has 1 aromatic carbocycles. The van der Waals surface area contributed by atoms with Crippen LogP contribution in [-0.2, 0) is 0 Å². The lowest BCUT2D eigenvalue weighted by molar-refractivity contribution is 0.628. The Morgan fingerprint density at radius 2 is 1.74 bits per heavy atom. The number of hydrogen-bond donors (Lipinski definition) is 1. The minimum absolute atomic E-state index is 0.268. The van der Waals surface area contributed by atoms with Crippen molar-refractivity contribution < 1.29 is 4.39 Å². The fraction of sp³-hybridized carbons (Fsp3) is 0. The van der Waals surface area contributed by atoms with E-state index in [1.165, 1.54) is 12.1 Å². The predicted octanol–water partition coefficient (Wildman–Crippen LogP) is 4.88. The number of rotatable bonds is 4. The Kier molecular flexibility index (Phi) is 4.64. The Labute approximate surface area is 138 Å². The van der Waals surface area contributed by atoms with E-state index in [0.29, 0.717) is 10.8 Å². The van der Waals surface area contributed by atoms with Gasteiger partial charge in [-0.25, -0.2) is 9.37 Å². The minimum atomic E-state index is -0.268. The van der Waals surface area contributed by atoms with Gasteiger partial charge < -0.3 is 5.32 Å². The van der Waals surface area contributed by atoms with E-state index < -0.39 is 0 Å². The van der Waals surface area contributed by atoms with Crippen molar-refractivity contribution in [1.82, 2.24) is 9.97 Å². The molecule has 0 unspecified atom stereocenters. The fourth-order valence-corrected chi connectivity index (χ4v) is 2.24. The third-order valence-electron chi connectivity index (χ3n) is 3.20. The molecule has 2 heterocycles. The van der Waals surface area contributed by atoms with Gasteiger partial charge in [0.25, 0.3) is 0 Å². The van der Waals surface area contributed by atoms with Crippen molar-refractivity contribution in [1.29, 1.82) is 0 Å². The lowest BCUT2D eigenvalue weighted by Crippen LogP contribution is -2.00. The number of halogens is 2. The largest absolute Gasteiger partial charge is 0.353 e. The lowest BCUT2D eigenvalue weighted by atomic mass is 10.1. The van der Waals surface area contributed by atoms with E-state index in [1.807, 2.05) is 24.3 Å². The van der Waals surface area contributed by atoms with Gasteiger partial charge in [0.05, 0.1) is 5.69 Å². The quantitative estimate of drug-likeness (QED) is 0.695. The van der Waals surface area contributed by atoms with Gasteiger partial charge >= 0.3 is 0 Å². The first-order valence-electron chi connectivity index (χ1n) is 6.97. The molecule has 0 fully saturated rings.